The third kappa shape index (κ3) is 2.37. The summed E-state index contributed by atoms with van der Waals surface area (Å²) in [4.78, 5) is 23.1. The van der Waals surface area contributed by atoms with Crippen LogP contribution >= 0.6 is 0 Å². The summed E-state index contributed by atoms with van der Waals surface area (Å²) < 4.78 is 4.54. The van der Waals surface area contributed by atoms with Crippen molar-refractivity contribution in [3.8, 4) is 0 Å². The molecule has 0 unspecified atom stereocenters. The number of nitrogens with one attached hydrogen (secondary N) is 1. The Balaban J connectivity index is 2.83. The van der Waals surface area contributed by atoms with Gasteiger partial charge in [-0.1, -0.05) is 19.4 Å². The summed E-state index contributed by atoms with van der Waals surface area (Å²) in [6, 6.07) is 0. The van der Waals surface area contributed by atoms with E-state index in [4.69, 9.17) is 0 Å². The standard InChI is InChI=1S/C11H17NO3/c1-8(2)9(13)11(6-4-5-7-11)12-10(14)15-3/h1,4-7H2,2-3H3,(H,12,14). The van der Waals surface area contributed by atoms with Crippen LogP contribution in [0, 0.1) is 0 Å². The fraction of sp³-hybridized carbons (Fsp3) is 0.636. The zero-order valence-electron chi connectivity index (χ0n) is 9.26. The molecule has 0 saturated heterocycles. The Hall–Kier alpha value is -1.32. The second kappa shape index (κ2) is 4.47. The van der Waals surface area contributed by atoms with Gasteiger partial charge in [-0.05, 0) is 25.3 Å². The summed E-state index contributed by atoms with van der Waals surface area (Å²) in [7, 11) is 1.29. The quantitative estimate of drug-likeness (QED) is 0.724. The van der Waals surface area contributed by atoms with Gasteiger partial charge in [0.25, 0.3) is 0 Å². The maximum Gasteiger partial charge on any atom is 0.407 e. The number of ether oxygens (including phenoxy) is 1. The van der Waals surface area contributed by atoms with Crippen molar-refractivity contribution < 1.29 is 14.3 Å². The van der Waals surface area contributed by atoms with E-state index in [0.29, 0.717) is 18.4 Å². The number of rotatable bonds is 3. The Kier molecular flexibility index (Phi) is 3.50. The van der Waals surface area contributed by atoms with Gasteiger partial charge in [0.15, 0.2) is 5.78 Å². The highest BCUT2D eigenvalue weighted by Gasteiger charge is 2.42. The molecule has 0 radical (unpaired) electrons. The van der Waals surface area contributed by atoms with Crippen molar-refractivity contribution in [3.63, 3.8) is 0 Å². The van der Waals surface area contributed by atoms with E-state index in [9.17, 15) is 9.59 Å². The minimum atomic E-state index is -0.765. The van der Waals surface area contributed by atoms with Crippen molar-refractivity contribution >= 4 is 11.9 Å². The van der Waals surface area contributed by atoms with Gasteiger partial charge in [-0.3, -0.25) is 4.79 Å². The number of ketones is 1. The third-order valence-corrected chi connectivity index (χ3v) is 2.81. The molecule has 1 saturated carbocycles. The van der Waals surface area contributed by atoms with E-state index in [1.54, 1.807) is 6.92 Å². The average molecular weight is 211 g/mol. The van der Waals surface area contributed by atoms with Crippen LogP contribution < -0.4 is 5.32 Å². The Morgan fingerprint density at radius 1 is 1.33 bits per heavy atom. The predicted molar refractivity (Wildman–Crippen MR) is 56.6 cm³/mol. The summed E-state index contributed by atoms with van der Waals surface area (Å²) in [6.07, 6.45) is 2.69. The zero-order chi connectivity index (χ0) is 11.5. The van der Waals surface area contributed by atoms with Gasteiger partial charge in [0.1, 0.15) is 5.54 Å². The molecule has 4 heteroatoms. The van der Waals surface area contributed by atoms with Crippen molar-refractivity contribution in [1.82, 2.24) is 5.32 Å². The number of amides is 1. The molecule has 15 heavy (non-hydrogen) atoms. The monoisotopic (exact) mass is 211 g/mol. The van der Waals surface area contributed by atoms with E-state index < -0.39 is 11.6 Å². The molecule has 0 bridgehead atoms. The van der Waals surface area contributed by atoms with E-state index in [0.717, 1.165) is 12.8 Å². The molecule has 0 aliphatic heterocycles. The van der Waals surface area contributed by atoms with Crippen molar-refractivity contribution in [1.29, 1.82) is 0 Å². The molecule has 0 atom stereocenters. The van der Waals surface area contributed by atoms with Crippen molar-refractivity contribution in [2.24, 2.45) is 0 Å². The average Bonchev–Trinajstić information content (AvgIpc) is 2.66. The lowest BCUT2D eigenvalue weighted by Gasteiger charge is -2.28. The molecule has 1 amide bonds. The molecule has 4 nitrogen and oxygen atoms in total. The van der Waals surface area contributed by atoms with Gasteiger partial charge in [0.2, 0.25) is 0 Å². The summed E-state index contributed by atoms with van der Waals surface area (Å²) in [6.45, 7) is 5.30. The van der Waals surface area contributed by atoms with Crippen LogP contribution in [0.4, 0.5) is 4.79 Å². The SMILES string of the molecule is C=C(C)C(=O)C1(NC(=O)OC)CCCC1. The first kappa shape index (κ1) is 11.8. The fourth-order valence-corrected chi connectivity index (χ4v) is 2.04. The first-order chi connectivity index (χ1) is 7.02. The number of methoxy groups -OCH3 is 1. The Bertz CT molecular complexity index is 290. The Morgan fingerprint density at radius 2 is 1.87 bits per heavy atom. The largest absolute Gasteiger partial charge is 0.453 e. The van der Waals surface area contributed by atoms with E-state index in [1.807, 2.05) is 0 Å². The summed E-state index contributed by atoms with van der Waals surface area (Å²) >= 11 is 0. The summed E-state index contributed by atoms with van der Waals surface area (Å²) in [5.41, 5.74) is -0.285. The van der Waals surface area contributed by atoms with Crippen molar-refractivity contribution in [3.05, 3.63) is 12.2 Å². The van der Waals surface area contributed by atoms with Crippen molar-refractivity contribution in [2.75, 3.05) is 7.11 Å². The number of Topliss-reactive ketones (excluding diaryl/α,β-unsaturated/α-hetero) is 1. The smallest absolute Gasteiger partial charge is 0.407 e. The summed E-state index contributed by atoms with van der Waals surface area (Å²) in [5.74, 6) is -0.0783. The molecule has 1 fully saturated rings. The van der Waals surface area contributed by atoms with Gasteiger partial charge in [-0.15, -0.1) is 0 Å². The second-order valence-electron chi connectivity index (χ2n) is 4.02. The molecule has 1 aliphatic carbocycles. The molecular formula is C11H17NO3. The second-order valence-corrected chi connectivity index (χ2v) is 4.02. The number of carbonyl (C=O) groups excluding carboxylic acids is 2. The topological polar surface area (TPSA) is 55.4 Å². The summed E-state index contributed by atoms with van der Waals surface area (Å²) in [5, 5.41) is 2.65. The van der Waals surface area contributed by atoms with E-state index in [2.05, 4.69) is 16.6 Å². The van der Waals surface area contributed by atoms with Crippen LogP contribution in [0.25, 0.3) is 0 Å². The highest BCUT2D eigenvalue weighted by molar-refractivity contribution is 6.03. The predicted octanol–water partition coefficient (Wildman–Crippen LogP) is 1.80. The maximum absolute atomic E-state index is 11.9. The van der Waals surface area contributed by atoms with E-state index in [-0.39, 0.29) is 5.78 Å². The lowest BCUT2D eigenvalue weighted by Crippen LogP contribution is -2.52. The molecule has 0 spiro atoms. The van der Waals surface area contributed by atoms with Gasteiger partial charge in [-0.2, -0.15) is 0 Å². The third-order valence-electron chi connectivity index (χ3n) is 2.81. The molecule has 1 rings (SSSR count). The van der Waals surface area contributed by atoms with Gasteiger partial charge in [-0.25, -0.2) is 4.79 Å². The minimum Gasteiger partial charge on any atom is -0.453 e. The zero-order valence-corrected chi connectivity index (χ0v) is 9.26. The van der Waals surface area contributed by atoms with Crippen molar-refractivity contribution in [2.45, 2.75) is 38.1 Å². The van der Waals surface area contributed by atoms with Crippen LogP contribution in [-0.2, 0) is 9.53 Å². The Labute approximate surface area is 89.7 Å². The number of hydrogen-bond donors (Lipinski definition) is 1. The molecule has 0 aromatic carbocycles. The molecule has 1 aliphatic rings. The molecule has 84 valence electrons. The lowest BCUT2D eigenvalue weighted by atomic mass is 9.88. The highest BCUT2D eigenvalue weighted by atomic mass is 16.5. The number of carbonyl (C=O) groups is 2. The normalized spacial score (nSPS) is 18.3. The maximum atomic E-state index is 11.9. The molecule has 0 heterocycles. The van der Waals surface area contributed by atoms with Gasteiger partial charge >= 0.3 is 6.09 Å². The van der Waals surface area contributed by atoms with Crippen LogP contribution in [0.15, 0.2) is 12.2 Å². The number of hydrogen-bond acceptors (Lipinski definition) is 3. The first-order valence-electron chi connectivity index (χ1n) is 5.08. The number of alkyl carbamates (subject to hydrolysis) is 1. The molecule has 1 N–H and O–H groups in total. The molecule has 0 aromatic rings. The highest BCUT2D eigenvalue weighted by Crippen LogP contribution is 2.32. The molecule has 0 aromatic heterocycles. The fourth-order valence-electron chi connectivity index (χ4n) is 2.04. The van der Waals surface area contributed by atoms with Gasteiger partial charge < -0.3 is 10.1 Å². The first-order valence-corrected chi connectivity index (χ1v) is 5.08. The molecular weight excluding hydrogens is 194 g/mol. The van der Waals surface area contributed by atoms with E-state index >= 15 is 0 Å². The lowest BCUT2D eigenvalue weighted by molar-refractivity contribution is -0.121. The van der Waals surface area contributed by atoms with Crippen LogP contribution in [-0.4, -0.2) is 24.5 Å². The van der Waals surface area contributed by atoms with E-state index in [1.165, 1.54) is 7.11 Å². The van der Waals surface area contributed by atoms with Crippen LogP contribution in [0.3, 0.4) is 0 Å². The van der Waals surface area contributed by atoms with Gasteiger partial charge in [0, 0.05) is 0 Å². The Morgan fingerprint density at radius 3 is 2.27 bits per heavy atom. The van der Waals surface area contributed by atoms with Gasteiger partial charge in [0.05, 0.1) is 7.11 Å². The van der Waals surface area contributed by atoms with Crippen LogP contribution in [0.5, 0.6) is 0 Å². The van der Waals surface area contributed by atoms with Crippen LogP contribution in [0.1, 0.15) is 32.6 Å². The minimum absolute atomic E-state index is 0.0783. The van der Waals surface area contributed by atoms with Crippen LogP contribution in [0.2, 0.25) is 0 Å².